The number of sulfonamides is 1. The van der Waals surface area contributed by atoms with Crippen LogP contribution < -0.4 is 5.73 Å². The molecule has 0 bridgehead atoms. The third kappa shape index (κ3) is 3.41. The number of hydrogen-bond donors (Lipinski definition) is 2. The third-order valence-electron chi connectivity index (χ3n) is 4.03. The average molecular weight is 377 g/mol. The second-order valence-electron chi connectivity index (χ2n) is 5.83. The van der Waals surface area contributed by atoms with Gasteiger partial charge in [0.2, 0.25) is 10.0 Å². The third-order valence-corrected chi connectivity index (χ3v) is 6.67. The first-order valence-corrected chi connectivity index (χ1v) is 9.13. The number of benzene rings is 1. The van der Waals surface area contributed by atoms with Gasteiger partial charge in [-0.15, -0.1) is 0 Å². The topological polar surface area (TPSA) is 83.6 Å². The number of nitrogens with zero attached hydrogens (tertiary/aromatic N) is 1. The normalized spacial score (nSPS) is 18.3. The maximum atomic E-state index is 12.7. The number of anilines is 1. The lowest BCUT2D eigenvalue weighted by Gasteiger charge is -2.28. The Balaban J connectivity index is 2.31. The van der Waals surface area contributed by atoms with Crippen molar-refractivity contribution in [2.45, 2.75) is 43.1 Å². The van der Waals surface area contributed by atoms with Gasteiger partial charge in [0, 0.05) is 23.8 Å². The second-order valence-corrected chi connectivity index (χ2v) is 8.70. The molecule has 1 aromatic rings. The zero-order valence-electron chi connectivity index (χ0n) is 12.3. The summed E-state index contributed by atoms with van der Waals surface area (Å²) in [5, 5.41) is 10.4. The number of nitrogen functional groups attached to an aromatic ring is 1. The van der Waals surface area contributed by atoms with Crippen molar-refractivity contribution < 1.29 is 13.5 Å². The molecule has 1 aliphatic rings. The van der Waals surface area contributed by atoms with Crippen LogP contribution >= 0.6 is 15.9 Å². The van der Waals surface area contributed by atoms with Gasteiger partial charge >= 0.3 is 0 Å². The molecule has 0 saturated heterocycles. The standard InChI is InChI=1S/C14H21BrN2O3S/c1-10-7-11(15)12(16)8-13(10)21(19,20)17(2)9-14(18)5-3-4-6-14/h7-8,18H,3-6,9,16H2,1-2H3. The van der Waals surface area contributed by atoms with E-state index in [9.17, 15) is 13.5 Å². The van der Waals surface area contributed by atoms with Crippen LogP contribution in [0.5, 0.6) is 0 Å². The van der Waals surface area contributed by atoms with Crippen molar-refractivity contribution in [3.8, 4) is 0 Å². The van der Waals surface area contributed by atoms with Crippen molar-refractivity contribution >= 4 is 31.6 Å². The van der Waals surface area contributed by atoms with Crippen molar-refractivity contribution in [1.29, 1.82) is 0 Å². The van der Waals surface area contributed by atoms with Crippen molar-refractivity contribution in [3.63, 3.8) is 0 Å². The highest BCUT2D eigenvalue weighted by molar-refractivity contribution is 9.10. The number of aryl methyl sites for hydroxylation is 1. The van der Waals surface area contributed by atoms with Crippen LogP contribution in [-0.2, 0) is 10.0 Å². The molecule has 1 saturated carbocycles. The quantitative estimate of drug-likeness (QED) is 0.789. The van der Waals surface area contributed by atoms with E-state index in [0.717, 1.165) is 12.8 Å². The molecule has 0 radical (unpaired) electrons. The van der Waals surface area contributed by atoms with Gasteiger partial charge in [0.1, 0.15) is 0 Å². The molecule has 0 aliphatic heterocycles. The highest BCUT2D eigenvalue weighted by Crippen LogP contribution is 2.33. The Kier molecular flexibility index (Phi) is 4.68. The number of aliphatic hydroxyl groups is 1. The lowest BCUT2D eigenvalue weighted by Crippen LogP contribution is -2.42. The van der Waals surface area contributed by atoms with Gasteiger partial charge in [-0.3, -0.25) is 0 Å². The summed E-state index contributed by atoms with van der Waals surface area (Å²) in [7, 11) is -2.16. The van der Waals surface area contributed by atoms with Crippen molar-refractivity contribution in [1.82, 2.24) is 4.31 Å². The van der Waals surface area contributed by atoms with E-state index in [0.29, 0.717) is 28.6 Å². The van der Waals surface area contributed by atoms with Crippen LogP contribution in [0.2, 0.25) is 0 Å². The van der Waals surface area contributed by atoms with Crippen LogP contribution in [0.4, 0.5) is 5.69 Å². The molecule has 7 heteroatoms. The van der Waals surface area contributed by atoms with E-state index < -0.39 is 15.6 Å². The Hall–Kier alpha value is -0.630. The Morgan fingerprint density at radius 3 is 2.52 bits per heavy atom. The zero-order valence-corrected chi connectivity index (χ0v) is 14.7. The molecule has 118 valence electrons. The fraction of sp³-hybridized carbons (Fsp3) is 0.571. The van der Waals surface area contributed by atoms with E-state index in [1.807, 2.05) is 0 Å². The highest BCUT2D eigenvalue weighted by atomic mass is 79.9. The van der Waals surface area contributed by atoms with Gasteiger partial charge in [0.15, 0.2) is 0 Å². The van der Waals surface area contributed by atoms with Crippen LogP contribution in [0.3, 0.4) is 0 Å². The summed E-state index contributed by atoms with van der Waals surface area (Å²) in [6.45, 7) is 1.85. The predicted molar refractivity (Wildman–Crippen MR) is 86.5 cm³/mol. The van der Waals surface area contributed by atoms with Gasteiger partial charge in [-0.1, -0.05) is 12.8 Å². The molecule has 5 nitrogen and oxygen atoms in total. The molecule has 0 unspecified atom stereocenters. The lowest BCUT2D eigenvalue weighted by molar-refractivity contribution is 0.0333. The number of halogens is 1. The van der Waals surface area contributed by atoms with E-state index >= 15 is 0 Å². The van der Waals surface area contributed by atoms with Crippen LogP contribution in [0, 0.1) is 6.92 Å². The van der Waals surface area contributed by atoms with Crippen LogP contribution in [0.15, 0.2) is 21.5 Å². The molecule has 0 aromatic heterocycles. The maximum Gasteiger partial charge on any atom is 0.243 e. The summed E-state index contributed by atoms with van der Waals surface area (Å²) in [6.07, 6.45) is 3.17. The minimum atomic E-state index is -3.66. The smallest absolute Gasteiger partial charge is 0.243 e. The average Bonchev–Trinajstić information content (AvgIpc) is 2.80. The van der Waals surface area contributed by atoms with Crippen LogP contribution in [-0.4, -0.2) is 37.0 Å². The number of rotatable bonds is 4. The second kappa shape index (κ2) is 5.87. The molecule has 0 atom stereocenters. The molecule has 21 heavy (non-hydrogen) atoms. The largest absolute Gasteiger partial charge is 0.398 e. The van der Waals surface area contributed by atoms with Gasteiger partial charge in [0.25, 0.3) is 0 Å². The fourth-order valence-corrected chi connectivity index (χ4v) is 4.75. The minimum Gasteiger partial charge on any atom is -0.398 e. The summed E-state index contributed by atoms with van der Waals surface area (Å²) >= 11 is 3.29. The van der Waals surface area contributed by atoms with Crippen molar-refractivity contribution in [2.75, 3.05) is 19.3 Å². The van der Waals surface area contributed by atoms with E-state index in [4.69, 9.17) is 5.73 Å². The van der Waals surface area contributed by atoms with Crippen LogP contribution in [0.1, 0.15) is 31.2 Å². The lowest BCUT2D eigenvalue weighted by atomic mass is 10.0. The monoisotopic (exact) mass is 376 g/mol. The van der Waals surface area contributed by atoms with Gasteiger partial charge < -0.3 is 10.8 Å². The Morgan fingerprint density at radius 2 is 1.95 bits per heavy atom. The predicted octanol–water partition coefficient (Wildman–Crippen LogP) is 2.27. The summed E-state index contributed by atoms with van der Waals surface area (Å²) in [5.74, 6) is 0. The first-order valence-electron chi connectivity index (χ1n) is 6.90. The first kappa shape index (κ1) is 16.7. The van der Waals surface area contributed by atoms with Gasteiger partial charge in [0.05, 0.1) is 10.5 Å². The first-order chi connectivity index (χ1) is 9.66. The molecule has 1 aromatic carbocycles. The Bertz CT molecular complexity index is 640. The molecular weight excluding hydrogens is 356 g/mol. The molecular formula is C14H21BrN2O3S. The highest BCUT2D eigenvalue weighted by Gasteiger charge is 2.36. The molecule has 2 rings (SSSR count). The summed E-state index contributed by atoms with van der Waals surface area (Å²) in [6, 6.07) is 3.16. The summed E-state index contributed by atoms with van der Waals surface area (Å²) in [5.41, 5.74) is 5.90. The summed E-state index contributed by atoms with van der Waals surface area (Å²) < 4.78 is 27.3. The Morgan fingerprint density at radius 1 is 1.38 bits per heavy atom. The number of hydrogen-bond acceptors (Lipinski definition) is 4. The molecule has 1 aliphatic carbocycles. The molecule has 3 N–H and O–H groups in total. The molecule has 1 fully saturated rings. The molecule has 0 amide bonds. The van der Waals surface area contributed by atoms with Gasteiger partial charge in [-0.25, -0.2) is 8.42 Å². The molecule has 0 spiro atoms. The van der Waals surface area contributed by atoms with E-state index in [1.54, 1.807) is 13.0 Å². The van der Waals surface area contributed by atoms with E-state index in [1.165, 1.54) is 17.4 Å². The number of likely N-dealkylation sites (N-methyl/N-ethyl adjacent to an activating group) is 1. The summed E-state index contributed by atoms with van der Waals surface area (Å²) in [4.78, 5) is 0.187. The Labute approximate surface area is 134 Å². The minimum absolute atomic E-state index is 0.116. The van der Waals surface area contributed by atoms with Gasteiger partial charge in [-0.2, -0.15) is 4.31 Å². The maximum absolute atomic E-state index is 12.7. The van der Waals surface area contributed by atoms with Crippen molar-refractivity contribution in [2.24, 2.45) is 0 Å². The molecule has 0 heterocycles. The van der Waals surface area contributed by atoms with Crippen molar-refractivity contribution in [3.05, 3.63) is 22.2 Å². The fourth-order valence-electron chi connectivity index (χ4n) is 2.81. The van der Waals surface area contributed by atoms with E-state index in [-0.39, 0.29) is 11.4 Å². The SMILES string of the molecule is Cc1cc(Br)c(N)cc1S(=O)(=O)N(C)CC1(O)CCCC1. The van der Waals surface area contributed by atoms with Crippen LogP contribution in [0.25, 0.3) is 0 Å². The number of nitrogens with two attached hydrogens (primary N) is 1. The van der Waals surface area contributed by atoms with E-state index in [2.05, 4.69) is 15.9 Å². The zero-order chi connectivity index (χ0) is 15.8. The van der Waals surface area contributed by atoms with Gasteiger partial charge in [-0.05, 0) is 53.4 Å².